The van der Waals surface area contributed by atoms with Crippen LogP contribution in [0.15, 0.2) is 12.1 Å². The third kappa shape index (κ3) is 4.47. The summed E-state index contributed by atoms with van der Waals surface area (Å²) in [5.74, 6) is -6.48. The summed E-state index contributed by atoms with van der Waals surface area (Å²) in [6.07, 6.45) is 2.26. The van der Waals surface area contributed by atoms with Gasteiger partial charge in [0, 0.05) is 13.1 Å². The van der Waals surface area contributed by atoms with Crippen molar-refractivity contribution in [2.75, 3.05) is 18.4 Å². The monoisotopic (exact) mass is 316 g/mol. The summed E-state index contributed by atoms with van der Waals surface area (Å²) in [4.78, 5) is 25.2. The van der Waals surface area contributed by atoms with Gasteiger partial charge in [-0.2, -0.15) is 0 Å². The Kier molecular flexibility index (Phi) is 6.88. The van der Waals surface area contributed by atoms with Crippen LogP contribution >= 0.6 is 0 Å². The van der Waals surface area contributed by atoms with Crippen LogP contribution in [0.4, 0.5) is 18.9 Å². The molecule has 4 nitrogen and oxygen atoms in total. The van der Waals surface area contributed by atoms with E-state index in [1.807, 2.05) is 19.2 Å². The molecule has 7 heteroatoms. The number of anilines is 1. The molecule has 0 radical (unpaired) electrons. The summed E-state index contributed by atoms with van der Waals surface area (Å²) >= 11 is 0. The second-order valence-corrected chi connectivity index (χ2v) is 4.82. The van der Waals surface area contributed by atoms with Crippen LogP contribution in [0.5, 0.6) is 0 Å². The van der Waals surface area contributed by atoms with E-state index in [9.17, 15) is 22.8 Å². The van der Waals surface area contributed by atoms with Gasteiger partial charge in [-0.3, -0.25) is 9.59 Å². The van der Waals surface area contributed by atoms with E-state index in [4.69, 9.17) is 0 Å². The Labute approximate surface area is 127 Å². The quantitative estimate of drug-likeness (QED) is 0.648. The molecule has 1 aromatic carbocycles. The largest absolute Gasteiger partial charge is 0.334 e. The average Bonchev–Trinajstić information content (AvgIpc) is 2.51. The van der Waals surface area contributed by atoms with Gasteiger partial charge in [0.25, 0.3) is 0 Å². The number of hydrogen-bond acceptors (Lipinski definition) is 2. The molecule has 1 aromatic rings. The Morgan fingerprint density at radius 1 is 1.05 bits per heavy atom. The number of nitrogens with zero attached hydrogens (tertiary/aromatic N) is 1. The van der Waals surface area contributed by atoms with E-state index in [2.05, 4.69) is 0 Å². The van der Waals surface area contributed by atoms with Crippen LogP contribution in [0.25, 0.3) is 0 Å². The van der Waals surface area contributed by atoms with E-state index in [-0.39, 0.29) is 0 Å². The zero-order valence-electron chi connectivity index (χ0n) is 12.6. The molecule has 0 fully saturated rings. The van der Waals surface area contributed by atoms with Crippen LogP contribution in [0.3, 0.4) is 0 Å². The van der Waals surface area contributed by atoms with Crippen LogP contribution < -0.4 is 5.32 Å². The van der Waals surface area contributed by atoms with E-state index < -0.39 is 35.0 Å². The molecule has 122 valence electrons. The SMILES string of the molecule is CCCCN(CCC)C(=O)C(=O)Nc1ccc(F)c(F)c1F. The lowest BCUT2D eigenvalue weighted by molar-refractivity contribution is -0.143. The van der Waals surface area contributed by atoms with Gasteiger partial charge >= 0.3 is 11.8 Å². The van der Waals surface area contributed by atoms with Crippen molar-refractivity contribution in [1.29, 1.82) is 0 Å². The molecule has 0 saturated carbocycles. The molecule has 0 atom stereocenters. The molecule has 2 amide bonds. The van der Waals surface area contributed by atoms with Crippen LogP contribution in [0, 0.1) is 17.5 Å². The molecule has 0 heterocycles. The first-order valence-electron chi connectivity index (χ1n) is 7.16. The molecule has 0 spiro atoms. The molecule has 0 aliphatic heterocycles. The van der Waals surface area contributed by atoms with Gasteiger partial charge in [-0.15, -0.1) is 0 Å². The number of halogens is 3. The van der Waals surface area contributed by atoms with Crippen molar-refractivity contribution >= 4 is 17.5 Å². The van der Waals surface area contributed by atoms with E-state index in [1.54, 1.807) is 0 Å². The maximum absolute atomic E-state index is 13.5. The number of amides is 2. The van der Waals surface area contributed by atoms with Crippen molar-refractivity contribution in [3.8, 4) is 0 Å². The summed E-state index contributed by atoms with van der Waals surface area (Å²) < 4.78 is 39.4. The maximum atomic E-state index is 13.5. The van der Waals surface area contributed by atoms with Gasteiger partial charge in [0.15, 0.2) is 17.5 Å². The fraction of sp³-hybridized carbons (Fsp3) is 0.467. The van der Waals surface area contributed by atoms with E-state index >= 15 is 0 Å². The predicted molar refractivity (Wildman–Crippen MR) is 76.7 cm³/mol. The van der Waals surface area contributed by atoms with Crippen molar-refractivity contribution < 1.29 is 22.8 Å². The van der Waals surface area contributed by atoms with Crippen molar-refractivity contribution in [2.45, 2.75) is 33.1 Å². The standard InChI is InChI=1S/C15H19F3N2O2/c1-3-5-9-20(8-4-2)15(22)14(21)19-11-7-6-10(16)12(17)13(11)18/h6-7H,3-5,8-9H2,1-2H3,(H,19,21). The minimum absolute atomic E-state index is 0.395. The number of benzene rings is 1. The molecule has 0 aliphatic carbocycles. The Hall–Kier alpha value is -2.05. The lowest BCUT2D eigenvalue weighted by Gasteiger charge is -2.21. The maximum Gasteiger partial charge on any atom is 0.313 e. The van der Waals surface area contributed by atoms with Gasteiger partial charge in [0.2, 0.25) is 0 Å². The molecule has 0 aromatic heterocycles. The summed E-state index contributed by atoms with van der Waals surface area (Å²) in [6, 6.07) is 1.55. The Bertz CT molecular complexity index is 550. The van der Waals surface area contributed by atoms with Crippen molar-refractivity contribution in [2.24, 2.45) is 0 Å². The zero-order valence-corrected chi connectivity index (χ0v) is 12.6. The molecule has 0 bridgehead atoms. The summed E-state index contributed by atoms with van der Waals surface area (Å²) in [5, 5.41) is 1.98. The zero-order chi connectivity index (χ0) is 16.7. The van der Waals surface area contributed by atoms with Gasteiger partial charge in [0.05, 0.1) is 5.69 Å². The van der Waals surface area contributed by atoms with Gasteiger partial charge < -0.3 is 10.2 Å². The van der Waals surface area contributed by atoms with Gasteiger partial charge in [-0.25, -0.2) is 13.2 Å². The number of nitrogens with one attached hydrogen (secondary N) is 1. The first kappa shape index (κ1) is 18.0. The predicted octanol–water partition coefficient (Wildman–Crippen LogP) is 3.08. The number of carbonyl (C=O) groups excluding carboxylic acids is 2. The average molecular weight is 316 g/mol. The number of hydrogen-bond donors (Lipinski definition) is 1. The Balaban J connectivity index is 2.82. The highest BCUT2D eigenvalue weighted by molar-refractivity contribution is 6.39. The Morgan fingerprint density at radius 2 is 1.73 bits per heavy atom. The van der Waals surface area contributed by atoms with E-state index in [0.29, 0.717) is 25.6 Å². The minimum Gasteiger partial charge on any atom is -0.334 e. The molecule has 22 heavy (non-hydrogen) atoms. The fourth-order valence-electron chi connectivity index (χ4n) is 1.88. The topological polar surface area (TPSA) is 49.4 Å². The van der Waals surface area contributed by atoms with Crippen molar-refractivity contribution in [3.63, 3.8) is 0 Å². The third-order valence-electron chi connectivity index (χ3n) is 3.04. The van der Waals surface area contributed by atoms with Gasteiger partial charge in [0.1, 0.15) is 0 Å². The molecule has 1 N–H and O–H groups in total. The molecule has 1 rings (SSSR count). The minimum atomic E-state index is -1.69. The third-order valence-corrected chi connectivity index (χ3v) is 3.04. The smallest absolute Gasteiger partial charge is 0.313 e. The normalized spacial score (nSPS) is 10.4. The summed E-state index contributed by atoms with van der Waals surface area (Å²) in [7, 11) is 0. The first-order valence-corrected chi connectivity index (χ1v) is 7.16. The molecule has 0 aliphatic rings. The molecule has 0 unspecified atom stereocenters. The molecular weight excluding hydrogens is 297 g/mol. The van der Waals surface area contributed by atoms with Crippen LogP contribution in [0.1, 0.15) is 33.1 Å². The number of unbranched alkanes of at least 4 members (excludes halogenated alkanes) is 1. The highest BCUT2D eigenvalue weighted by Gasteiger charge is 2.23. The lowest BCUT2D eigenvalue weighted by Crippen LogP contribution is -2.40. The molecular formula is C15H19F3N2O2. The van der Waals surface area contributed by atoms with Crippen LogP contribution in [-0.2, 0) is 9.59 Å². The second-order valence-electron chi connectivity index (χ2n) is 4.82. The summed E-state index contributed by atoms with van der Waals surface area (Å²) in [5.41, 5.74) is -0.566. The van der Waals surface area contributed by atoms with Crippen LogP contribution in [0.2, 0.25) is 0 Å². The number of rotatable bonds is 6. The van der Waals surface area contributed by atoms with Gasteiger partial charge in [-0.05, 0) is 25.0 Å². The number of carbonyl (C=O) groups is 2. The van der Waals surface area contributed by atoms with Crippen molar-refractivity contribution in [3.05, 3.63) is 29.6 Å². The first-order chi connectivity index (χ1) is 10.4. The second kappa shape index (κ2) is 8.41. The Morgan fingerprint density at radius 3 is 2.32 bits per heavy atom. The van der Waals surface area contributed by atoms with Gasteiger partial charge in [-0.1, -0.05) is 20.3 Å². The molecule has 0 saturated heterocycles. The highest BCUT2D eigenvalue weighted by Crippen LogP contribution is 2.19. The summed E-state index contributed by atoms with van der Waals surface area (Å²) in [6.45, 7) is 4.62. The van der Waals surface area contributed by atoms with Crippen molar-refractivity contribution in [1.82, 2.24) is 4.90 Å². The van der Waals surface area contributed by atoms with E-state index in [1.165, 1.54) is 4.90 Å². The van der Waals surface area contributed by atoms with Crippen LogP contribution in [-0.4, -0.2) is 29.8 Å². The fourth-order valence-corrected chi connectivity index (χ4v) is 1.88. The lowest BCUT2D eigenvalue weighted by atomic mass is 10.2. The van der Waals surface area contributed by atoms with E-state index in [0.717, 1.165) is 18.9 Å². The highest BCUT2D eigenvalue weighted by atomic mass is 19.2.